The zero-order valence-corrected chi connectivity index (χ0v) is 24.1. The van der Waals surface area contributed by atoms with Crippen LogP contribution in [0.5, 0.6) is 5.88 Å². The fraction of sp³-hybridized carbons (Fsp3) is 0.250. The molecule has 0 saturated carbocycles. The number of anilines is 1. The average Bonchev–Trinajstić information content (AvgIpc) is 3.36. The first-order chi connectivity index (χ1) is 19.5. The molecule has 5 N–H and O–H groups in total. The number of carbonyl (C=O) groups is 1. The maximum Gasteiger partial charge on any atom is 0.429 e. The molecule has 0 bridgehead atoms. The first-order valence-corrected chi connectivity index (χ1v) is 13.7. The van der Waals surface area contributed by atoms with Crippen LogP contribution in [0, 0.1) is 0 Å². The van der Waals surface area contributed by atoms with Crippen LogP contribution in [-0.4, -0.2) is 39.9 Å². The summed E-state index contributed by atoms with van der Waals surface area (Å²) in [4.78, 5) is 19.4. The number of ether oxygens (including phenoxy) is 2. The molecule has 1 aliphatic rings. The number of carboxylic acid groups (broad SMARTS) is 1. The molecule has 0 spiro atoms. The molecule has 0 radical (unpaired) electrons. The van der Waals surface area contributed by atoms with E-state index < -0.39 is 24.3 Å². The van der Waals surface area contributed by atoms with Gasteiger partial charge in [0.15, 0.2) is 0 Å². The Balaban J connectivity index is 0.00000405. The predicted molar refractivity (Wildman–Crippen MR) is 158 cm³/mol. The third kappa shape index (κ3) is 6.73. The van der Waals surface area contributed by atoms with Gasteiger partial charge in [0.2, 0.25) is 17.9 Å². The molecule has 8 nitrogen and oxygen atoms in total. The summed E-state index contributed by atoms with van der Waals surface area (Å²) in [5, 5.41) is 11.1. The molecule has 0 aliphatic carbocycles. The summed E-state index contributed by atoms with van der Waals surface area (Å²) in [5.74, 6) is -1.66. The number of hydrogen-bond donors (Lipinski definition) is 3. The second-order valence-corrected chi connectivity index (χ2v) is 10.8. The van der Waals surface area contributed by atoms with Crippen LogP contribution in [0.3, 0.4) is 0 Å². The monoisotopic (exact) mass is 640 g/mol. The van der Waals surface area contributed by atoms with Crippen LogP contribution in [-0.2, 0) is 16.0 Å². The molecular weight excluding hydrogens is 616 g/mol. The summed E-state index contributed by atoms with van der Waals surface area (Å²) in [6, 6.07) is 10.1. The molecule has 2 aromatic heterocycles. The number of benzene rings is 2. The Bertz CT molecular complexity index is 1630. The van der Waals surface area contributed by atoms with E-state index in [1.165, 1.54) is 24.5 Å². The lowest BCUT2D eigenvalue weighted by Crippen LogP contribution is -2.32. The number of rotatable bonds is 8. The molecule has 1 aliphatic heterocycles. The molecular formula is C28H25Cl2F3N4O4S. The van der Waals surface area contributed by atoms with Crippen molar-refractivity contribution >= 4 is 63.1 Å². The van der Waals surface area contributed by atoms with Crippen molar-refractivity contribution in [2.75, 3.05) is 12.3 Å². The van der Waals surface area contributed by atoms with Crippen LogP contribution in [0.1, 0.15) is 35.6 Å². The zero-order valence-electron chi connectivity index (χ0n) is 21.7. The number of aliphatic carboxylic acids is 1. The second kappa shape index (κ2) is 12.7. The van der Waals surface area contributed by atoms with Gasteiger partial charge in [0.05, 0.1) is 18.4 Å². The zero-order chi connectivity index (χ0) is 29.3. The highest BCUT2D eigenvalue weighted by Gasteiger charge is 2.45. The van der Waals surface area contributed by atoms with Crippen LogP contribution >= 0.6 is 35.3 Å². The first kappa shape index (κ1) is 31.4. The van der Waals surface area contributed by atoms with Crippen molar-refractivity contribution in [1.82, 2.24) is 9.97 Å². The van der Waals surface area contributed by atoms with Gasteiger partial charge in [0.25, 0.3) is 0 Å². The number of alkyl halides is 3. The first-order valence-electron chi connectivity index (χ1n) is 12.5. The van der Waals surface area contributed by atoms with Crippen molar-refractivity contribution in [1.29, 1.82) is 0 Å². The fourth-order valence-corrected chi connectivity index (χ4v) is 5.69. The minimum atomic E-state index is -4.81. The highest BCUT2D eigenvalue weighted by molar-refractivity contribution is 7.18. The normalized spacial score (nSPS) is 14.8. The Labute approximate surface area is 253 Å². The summed E-state index contributed by atoms with van der Waals surface area (Å²) in [6.07, 6.45) is -4.40. The highest BCUT2D eigenvalue weighted by atomic mass is 35.5. The molecule has 14 heteroatoms. The number of halogens is 5. The fourth-order valence-electron chi connectivity index (χ4n) is 4.57. The van der Waals surface area contributed by atoms with Gasteiger partial charge in [-0.2, -0.15) is 18.2 Å². The van der Waals surface area contributed by atoms with Crippen molar-refractivity contribution in [3.8, 4) is 17.0 Å². The summed E-state index contributed by atoms with van der Waals surface area (Å²) in [5.41, 5.74) is 14.7. The molecule has 1 unspecified atom stereocenters. The van der Waals surface area contributed by atoms with Crippen molar-refractivity contribution in [3.63, 3.8) is 0 Å². The van der Waals surface area contributed by atoms with Crippen molar-refractivity contribution in [3.05, 3.63) is 75.8 Å². The van der Waals surface area contributed by atoms with Crippen LogP contribution in [0.2, 0.25) is 5.02 Å². The molecule has 42 heavy (non-hydrogen) atoms. The van der Waals surface area contributed by atoms with Gasteiger partial charge in [-0.25, -0.2) is 4.98 Å². The Hall–Kier alpha value is -3.58. The Morgan fingerprint density at radius 3 is 2.55 bits per heavy atom. The molecule has 3 heterocycles. The van der Waals surface area contributed by atoms with E-state index in [0.717, 1.165) is 11.3 Å². The third-order valence-electron chi connectivity index (χ3n) is 6.54. The predicted octanol–water partition coefficient (Wildman–Crippen LogP) is 6.80. The van der Waals surface area contributed by atoms with E-state index in [-0.39, 0.29) is 51.5 Å². The lowest BCUT2D eigenvalue weighted by molar-refractivity contribution is -0.198. The Morgan fingerprint density at radius 2 is 1.90 bits per heavy atom. The molecule has 0 saturated heterocycles. The summed E-state index contributed by atoms with van der Waals surface area (Å²) in [7, 11) is 0. The molecule has 2 aromatic carbocycles. The Kier molecular flexibility index (Phi) is 9.51. The van der Waals surface area contributed by atoms with E-state index in [0.29, 0.717) is 47.2 Å². The number of hydrogen-bond acceptors (Lipinski definition) is 8. The number of carboxylic acids is 1. The van der Waals surface area contributed by atoms with Gasteiger partial charge >= 0.3 is 12.1 Å². The minimum Gasteiger partial charge on any atom is -0.501 e. The van der Waals surface area contributed by atoms with Gasteiger partial charge < -0.3 is 26.0 Å². The number of thiophene rings is 1. The molecule has 222 valence electrons. The van der Waals surface area contributed by atoms with Crippen molar-refractivity contribution < 1.29 is 32.5 Å². The smallest absolute Gasteiger partial charge is 0.429 e. The van der Waals surface area contributed by atoms with Gasteiger partial charge in [0.1, 0.15) is 10.7 Å². The lowest BCUT2D eigenvalue weighted by Gasteiger charge is -2.25. The molecule has 5 rings (SSSR count). The molecule has 0 amide bonds. The van der Waals surface area contributed by atoms with E-state index in [1.54, 1.807) is 29.6 Å². The van der Waals surface area contributed by atoms with Crippen LogP contribution < -0.4 is 16.2 Å². The number of fused-ring (bicyclic) bond motifs is 1. The van der Waals surface area contributed by atoms with Crippen LogP contribution in [0.25, 0.3) is 26.9 Å². The number of allylic oxidation sites excluding steroid dienone is 1. The number of aromatic nitrogens is 2. The maximum atomic E-state index is 14.6. The Morgan fingerprint density at radius 1 is 1.17 bits per heavy atom. The lowest BCUT2D eigenvalue weighted by atomic mass is 9.93. The average molecular weight is 641 g/mol. The van der Waals surface area contributed by atoms with Gasteiger partial charge in [-0.05, 0) is 53.7 Å². The van der Waals surface area contributed by atoms with E-state index in [4.69, 9.17) is 37.6 Å². The summed E-state index contributed by atoms with van der Waals surface area (Å²) in [6.45, 7) is 0.482. The van der Waals surface area contributed by atoms with Gasteiger partial charge in [-0.3, -0.25) is 4.79 Å². The molecule has 0 fully saturated rings. The SMILES string of the molecule is Cl.Nc1nc(O[C@H](c2ccc(Cl)cc2C2=COCCC2)C(F)(F)F)c2scc(-c3ccc(CC(N)C(=O)O)cc3)c2n1. The topological polar surface area (TPSA) is 134 Å². The maximum absolute atomic E-state index is 14.6. The standard InChI is InChI=1S/C28H24ClF3N4O4S.ClH/c29-17-7-8-18(19(11-17)16-2-1-9-39-12-16)24(28(30,31)32)40-25-23-22(35-27(34)36-25)20(13-41-23)15-5-3-14(4-6-15)10-21(33)26(37)38;/h3-8,11-13,21,24H,1-2,9-10,33H2,(H,37,38)(H2,34,35,36);1H/t21?,24-;/m1./s1. The van der Waals surface area contributed by atoms with Crippen molar-refractivity contribution in [2.45, 2.75) is 37.6 Å². The number of nitrogens with two attached hydrogens (primary N) is 2. The quantitative estimate of drug-likeness (QED) is 0.191. The summed E-state index contributed by atoms with van der Waals surface area (Å²) < 4.78 is 55.0. The van der Waals surface area contributed by atoms with E-state index in [2.05, 4.69) is 9.97 Å². The second-order valence-electron chi connectivity index (χ2n) is 9.45. The van der Waals surface area contributed by atoms with Gasteiger partial charge in [-0.15, -0.1) is 23.7 Å². The molecule has 4 aromatic rings. The summed E-state index contributed by atoms with van der Waals surface area (Å²) >= 11 is 7.29. The van der Waals surface area contributed by atoms with E-state index >= 15 is 0 Å². The van der Waals surface area contributed by atoms with E-state index in [9.17, 15) is 18.0 Å². The largest absolute Gasteiger partial charge is 0.501 e. The highest BCUT2D eigenvalue weighted by Crippen LogP contribution is 2.44. The minimum absolute atomic E-state index is 0. The van der Waals surface area contributed by atoms with Gasteiger partial charge in [-0.1, -0.05) is 41.9 Å². The van der Waals surface area contributed by atoms with Crippen molar-refractivity contribution in [2.24, 2.45) is 5.73 Å². The van der Waals surface area contributed by atoms with Gasteiger partial charge in [0, 0.05) is 21.5 Å². The van der Waals surface area contributed by atoms with Crippen LogP contribution in [0.4, 0.5) is 19.1 Å². The number of nitrogen functional groups attached to an aromatic ring is 1. The van der Waals surface area contributed by atoms with E-state index in [1.807, 2.05) is 0 Å². The number of nitrogens with zero attached hydrogens (tertiary/aromatic N) is 2. The molecule has 2 atom stereocenters. The third-order valence-corrected chi connectivity index (χ3v) is 7.74. The van der Waals surface area contributed by atoms with Crippen LogP contribution in [0.15, 0.2) is 54.1 Å².